The number of sulfonamides is 1. The highest BCUT2D eigenvalue weighted by Gasteiger charge is 2.38. The van der Waals surface area contributed by atoms with E-state index in [0.717, 1.165) is 25.7 Å². The summed E-state index contributed by atoms with van der Waals surface area (Å²) in [4.78, 5) is 19.2. The molecule has 0 bridgehead atoms. The highest BCUT2D eigenvalue weighted by atomic mass is 32.2. The van der Waals surface area contributed by atoms with E-state index in [9.17, 15) is 13.2 Å². The zero-order chi connectivity index (χ0) is 20.7. The van der Waals surface area contributed by atoms with Crippen molar-refractivity contribution in [3.63, 3.8) is 0 Å². The molecule has 30 heavy (non-hydrogen) atoms. The molecule has 9 heteroatoms. The highest BCUT2D eigenvalue weighted by molar-refractivity contribution is 7.89. The van der Waals surface area contributed by atoms with Gasteiger partial charge in [0.25, 0.3) is 0 Å². The molecule has 3 fully saturated rings. The van der Waals surface area contributed by atoms with E-state index in [2.05, 4.69) is 10.1 Å². The molecule has 2 aliphatic heterocycles. The number of rotatable bonds is 5. The molecule has 5 rings (SSSR count). The van der Waals surface area contributed by atoms with Gasteiger partial charge in [-0.2, -0.15) is 9.29 Å². The number of nitrogens with zero attached hydrogens (tertiary/aromatic N) is 4. The molecule has 1 aromatic heterocycles. The number of amides is 1. The van der Waals surface area contributed by atoms with Crippen LogP contribution in [0, 0.1) is 0 Å². The standard InChI is InChI=1S/C21H26N4O4S/c26-19-13-16(14-25(19)17-5-1-2-6-17)21-22-20(23-29-21)15-7-9-18(10-8-15)30(27,28)24-11-3-4-12-24/h7-10,16-17H,1-6,11-14H2/t16-/m0/s1. The van der Waals surface area contributed by atoms with Crippen LogP contribution in [0.2, 0.25) is 0 Å². The molecule has 1 amide bonds. The second kappa shape index (κ2) is 7.77. The van der Waals surface area contributed by atoms with Crippen molar-refractivity contribution in [3.05, 3.63) is 30.2 Å². The molecule has 1 saturated carbocycles. The van der Waals surface area contributed by atoms with Crippen LogP contribution in [0.5, 0.6) is 0 Å². The van der Waals surface area contributed by atoms with Crippen LogP contribution in [-0.2, 0) is 14.8 Å². The summed E-state index contributed by atoms with van der Waals surface area (Å²) in [6, 6.07) is 6.97. The van der Waals surface area contributed by atoms with E-state index in [1.165, 1.54) is 17.1 Å². The van der Waals surface area contributed by atoms with Gasteiger partial charge in [-0.15, -0.1) is 0 Å². The third-order valence-corrected chi connectivity index (χ3v) is 8.44. The topological polar surface area (TPSA) is 96.6 Å². The van der Waals surface area contributed by atoms with Crippen molar-refractivity contribution in [3.8, 4) is 11.4 Å². The van der Waals surface area contributed by atoms with E-state index in [1.807, 2.05) is 4.90 Å². The third-order valence-electron chi connectivity index (χ3n) is 6.53. The minimum absolute atomic E-state index is 0.0748. The van der Waals surface area contributed by atoms with Crippen LogP contribution in [0.1, 0.15) is 56.8 Å². The fourth-order valence-electron chi connectivity index (χ4n) is 4.84. The molecule has 0 spiro atoms. The van der Waals surface area contributed by atoms with Gasteiger partial charge in [-0.25, -0.2) is 8.42 Å². The molecule has 1 aromatic carbocycles. The van der Waals surface area contributed by atoms with Crippen LogP contribution in [0.25, 0.3) is 11.4 Å². The highest BCUT2D eigenvalue weighted by Crippen LogP contribution is 2.34. The van der Waals surface area contributed by atoms with Gasteiger partial charge in [-0.3, -0.25) is 4.79 Å². The molecular formula is C21H26N4O4S. The summed E-state index contributed by atoms with van der Waals surface area (Å²) in [7, 11) is -3.44. The monoisotopic (exact) mass is 430 g/mol. The van der Waals surface area contributed by atoms with Crippen LogP contribution in [0.3, 0.4) is 0 Å². The SMILES string of the molecule is O=C1C[C@H](c2nc(-c3ccc(S(=O)(=O)N4CCCC4)cc3)no2)CN1C1CCCC1. The van der Waals surface area contributed by atoms with Crippen LogP contribution >= 0.6 is 0 Å². The summed E-state index contributed by atoms with van der Waals surface area (Å²) in [6.07, 6.45) is 6.77. The molecule has 1 aliphatic carbocycles. The molecule has 3 aliphatic rings. The van der Waals surface area contributed by atoms with Crippen LogP contribution in [-0.4, -0.2) is 59.3 Å². The van der Waals surface area contributed by atoms with Crippen LogP contribution < -0.4 is 0 Å². The molecule has 160 valence electrons. The van der Waals surface area contributed by atoms with Gasteiger partial charge < -0.3 is 9.42 Å². The number of carbonyl (C=O) groups excluding carboxylic acids is 1. The van der Waals surface area contributed by atoms with Crippen molar-refractivity contribution >= 4 is 15.9 Å². The molecule has 0 unspecified atom stereocenters. The Morgan fingerprint density at radius 3 is 2.40 bits per heavy atom. The summed E-state index contributed by atoms with van der Waals surface area (Å²) < 4.78 is 32.3. The minimum atomic E-state index is -3.44. The van der Waals surface area contributed by atoms with Crippen molar-refractivity contribution in [1.29, 1.82) is 0 Å². The first-order valence-corrected chi connectivity index (χ1v) is 12.2. The van der Waals surface area contributed by atoms with E-state index < -0.39 is 10.0 Å². The fraction of sp³-hybridized carbons (Fsp3) is 0.571. The summed E-state index contributed by atoms with van der Waals surface area (Å²) >= 11 is 0. The molecule has 2 aromatic rings. The van der Waals surface area contributed by atoms with Gasteiger partial charge in [0.1, 0.15) is 0 Å². The molecule has 2 saturated heterocycles. The van der Waals surface area contributed by atoms with Gasteiger partial charge in [-0.05, 0) is 49.9 Å². The Balaban J connectivity index is 1.30. The Morgan fingerprint density at radius 2 is 1.70 bits per heavy atom. The van der Waals surface area contributed by atoms with Gasteiger partial charge >= 0.3 is 0 Å². The first-order chi connectivity index (χ1) is 14.5. The van der Waals surface area contributed by atoms with Crippen molar-refractivity contribution in [1.82, 2.24) is 19.3 Å². The third kappa shape index (κ3) is 3.54. The maximum absolute atomic E-state index is 12.7. The zero-order valence-corrected chi connectivity index (χ0v) is 17.7. The lowest BCUT2D eigenvalue weighted by atomic mass is 10.1. The van der Waals surface area contributed by atoms with E-state index in [-0.39, 0.29) is 16.7 Å². The lowest BCUT2D eigenvalue weighted by molar-refractivity contribution is -0.129. The average Bonchev–Trinajstić information content (AvgIpc) is 3.55. The molecule has 1 atom stereocenters. The number of hydrogen-bond acceptors (Lipinski definition) is 6. The summed E-state index contributed by atoms with van der Waals surface area (Å²) in [5, 5.41) is 4.07. The van der Waals surface area contributed by atoms with Gasteiger partial charge in [0.2, 0.25) is 27.6 Å². The first-order valence-electron chi connectivity index (χ1n) is 10.8. The summed E-state index contributed by atoms with van der Waals surface area (Å²) in [6.45, 7) is 1.80. The Labute approximate surface area is 176 Å². The molecular weight excluding hydrogens is 404 g/mol. The average molecular weight is 431 g/mol. The van der Waals surface area contributed by atoms with E-state index in [1.54, 1.807) is 24.3 Å². The van der Waals surface area contributed by atoms with Gasteiger partial charge in [0.05, 0.1) is 10.8 Å². The smallest absolute Gasteiger partial charge is 0.243 e. The predicted octanol–water partition coefficient (Wildman–Crippen LogP) is 2.78. The predicted molar refractivity (Wildman–Crippen MR) is 109 cm³/mol. The lowest BCUT2D eigenvalue weighted by Crippen LogP contribution is -2.34. The maximum atomic E-state index is 12.7. The summed E-state index contributed by atoms with van der Waals surface area (Å²) in [5.41, 5.74) is 0.697. The number of benzene rings is 1. The maximum Gasteiger partial charge on any atom is 0.243 e. The van der Waals surface area contributed by atoms with Crippen molar-refractivity contribution < 1.29 is 17.7 Å². The molecule has 0 N–H and O–H groups in total. The van der Waals surface area contributed by atoms with E-state index >= 15 is 0 Å². The molecule has 3 heterocycles. The normalized spacial score (nSPS) is 23.7. The fourth-order valence-corrected chi connectivity index (χ4v) is 6.35. The van der Waals surface area contributed by atoms with Gasteiger partial charge in [0, 0.05) is 37.7 Å². The largest absolute Gasteiger partial charge is 0.339 e. The molecule has 8 nitrogen and oxygen atoms in total. The van der Waals surface area contributed by atoms with Gasteiger partial charge in [0.15, 0.2) is 0 Å². The number of carbonyl (C=O) groups is 1. The number of hydrogen-bond donors (Lipinski definition) is 0. The zero-order valence-electron chi connectivity index (χ0n) is 16.9. The lowest BCUT2D eigenvalue weighted by Gasteiger charge is -2.23. The number of likely N-dealkylation sites (tertiary alicyclic amines) is 1. The Bertz CT molecular complexity index is 1020. The summed E-state index contributed by atoms with van der Waals surface area (Å²) in [5.74, 6) is 0.992. The van der Waals surface area contributed by atoms with Crippen molar-refractivity contribution in [2.24, 2.45) is 0 Å². The van der Waals surface area contributed by atoms with E-state index in [0.29, 0.717) is 49.4 Å². The molecule has 0 radical (unpaired) electrons. The van der Waals surface area contributed by atoms with E-state index in [4.69, 9.17) is 4.52 Å². The number of aromatic nitrogens is 2. The van der Waals surface area contributed by atoms with Crippen LogP contribution in [0.4, 0.5) is 0 Å². The van der Waals surface area contributed by atoms with Crippen molar-refractivity contribution in [2.45, 2.75) is 61.8 Å². The quantitative estimate of drug-likeness (QED) is 0.724. The Hall–Kier alpha value is -2.26. The Kier molecular flexibility index (Phi) is 5.10. The van der Waals surface area contributed by atoms with Crippen LogP contribution in [0.15, 0.2) is 33.7 Å². The first kappa shape index (κ1) is 19.7. The van der Waals surface area contributed by atoms with Crippen molar-refractivity contribution in [2.75, 3.05) is 19.6 Å². The Morgan fingerprint density at radius 1 is 1.00 bits per heavy atom. The second-order valence-corrected chi connectivity index (χ2v) is 10.4. The minimum Gasteiger partial charge on any atom is -0.339 e. The second-order valence-electron chi connectivity index (χ2n) is 8.48. The van der Waals surface area contributed by atoms with Gasteiger partial charge in [-0.1, -0.05) is 18.0 Å².